The van der Waals surface area contributed by atoms with Crippen LogP contribution in [0.15, 0.2) is 11.4 Å². The van der Waals surface area contributed by atoms with E-state index in [1.54, 1.807) is 11.3 Å². The maximum atomic E-state index is 12.4. The van der Waals surface area contributed by atoms with E-state index in [-0.39, 0.29) is 5.91 Å². The number of piperidine rings is 1. The van der Waals surface area contributed by atoms with Gasteiger partial charge in [0, 0.05) is 24.5 Å². The third-order valence-corrected chi connectivity index (χ3v) is 5.02. The molecule has 2 rings (SSSR count). The molecule has 1 aromatic rings. The van der Waals surface area contributed by atoms with Crippen molar-refractivity contribution in [2.24, 2.45) is 11.8 Å². The highest BCUT2D eigenvalue weighted by molar-refractivity contribution is 7.10. The first kappa shape index (κ1) is 15.5. The smallest absolute Gasteiger partial charge is 0.236 e. The molecule has 1 aliphatic heterocycles. The molecule has 20 heavy (non-hydrogen) atoms. The zero-order valence-electron chi connectivity index (χ0n) is 13.1. The average Bonchev–Trinajstić information content (AvgIpc) is 2.73. The van der Waals surface area contributed by atoms with Crippen LogP contribution in [0.4, 0.5) is 0 Å². The molecular weight excluding hydrogens is 268 g/mol. The van der Waals surface area contributed by atoms with Crippen molar-refractivity contribution in [3.05, 3.63) is 21.9 Å². The fourth-order valence-corrected chi connectivity index (χ4v) is 4.05. The molecule has 1 aromatic heterocycles. The topological polar surface area (TPSA) is 23.6 Å². The average molecular weight is 294 g/mol. The standard InChI is InChI=1S/C16H26N2OS/c1-12-7-13(2)9-18(8-12)16(19)11-17(4)10-15-14(3)5-6-20-15/h5-6,12-13H,7-11H2,1-4H3. The summed E-state index contributed by atoms with van der Waals surface area (Å²) in [6.45, 7) is 9.87. The van der Waals surface area contributed by atoms with E-state index < -0.39 is 0 Å². The predicted molar refractivity (Wildman–Crippen MR) is 84.9 cm³/mol. The highest BCUT2D eigenvalue weighted by Crippen LogP contribution is 2.21. The van der Waals surface area contributed by atoms with Gasteiger partial charge < -0.3 is 4.90 Å². The van der Waals surface area contributed by atoms with Gasteiger partial charge in [-0.2, -0.15) is 0 Å². The van der Waals surface area contributed by atoms with Gasteiger partial charge in [-0.05, 0) is 49.2 Å². The quantitative estimate of drug-likeness (QED) is 0.852. The Bertz CT molecular complexity index is 447. The Balaban J connectivity index is 1.86. The molecule has 1 amide bonds. The van der Waals surface area contributed by atoms with Crippen LogP contribution < -0.4 is 0 Å². The van der Waals surface area contributed by atoms with Gasteiger partial charge >= 0.3 is 0 Å². The maximum absolute atomic E-state index is 12.4. The number of hydrogen-bond donors (Lipinski definition) is 0. The molecule has 4 heteroatoms. The molecule has 2 unspecified atom stereocenters. The number of thiophene rings is 1. The largest absolute Gasteiger partial charge is 0.341 e. The zero-order chi connectivity index (χ0) is 14.7. The van der Waals surface area contributed by atoms with Crippen LogP contribution in [-0.2, 0) is 11.3 Å². The first-order valence-corrected chi connectivity index (χ1v) is 8.33. The van der Waals surface area contributed by atoms with Gasteiger partial charge in [-0.25, -0.2) is 0 Å². The van der Waals surface area contributed by atoms with Gasteiger partial charge in [0.05, 0.1) is 6.54 Å². The van der Waals surface area contributed by atoms with Crippen LogP contribution >= 0.6 is 11.3 Å². The van der Waals surface area contributed by atoms with E-state index in [1.807, 2.05) is 7.05 Å². The molecule has 2 heterocycles. The van der Waals surface area contributed by atoms with E-state index in [4.69, 9.17) is 0 Å². The molecule has 0 spiro atoms. The van der Waals surface area contributed by atoms with Crippen molar-refractivity contribution in [2.75, 3.05) is 26.7 Å². The van der Waals surface area contributed by atoms with Gasteiger partial charge in [-0.3, -0.25) is 9.69 Å². The van der Waals surface area contributed by atoms with Crippen molar-refractivity contribution in [3.8, 4) is 0 Å². The summed E-state index contributed by atoms with van der Waals surface area (Å²) in [5, 5.41) is 2.12. The highest BCUT2D eigenvalue weighted by atomic mass is 32.1. The van der Waals surface area contributed by atoms with Crippen LogP contribution in [0.3, 0.4) is 0 Å². The summed E-state index contributed by atoms with van der Waals surface area (Å²) in [5.41, 5.74) is 1.33. The number of nitrogens with zero attached hydrogens (tertiary/aromatic N) is 2. The molecule has 112 valence electrons. The molecule has 0 radical (unpaired) electrons. The lowest BCUT2D eigenvalue weighted by molar-refractivity contribution is -0.134. The van der Waals surface area contributed by atoms with Crippen LogP contribution in [0.2, 0.25) is 0 Å². The van der Waals surface area contributed by atoms with Crippen molar-refractivity contribution >= 4 is 17.2 Å². The van der Waals surface area contributed by atoms with E-state index in [0.717, 1.165) is 19.6 Å². The van der Waals surface area contributed by atoms with Crippen molar-refractivity contribution in [1.82, 2.24) is 9.80 Å². The lowest BCUT2D eigenvalue weighted by atomic mass is 9.92. The van der Waals surface area contributed by atoms with Crippen LogP contribution in [0.25, 0.3) is 0 Å². The van der Waals surface area contributed by atoms with Crippen LogP contribution in [0.1, 0.15) is 30.7 Å². The molecule has 1 saturated heterocycles. The van der Waals surface area contributed by atoms with Crippen LogP contribution in [0.5, 0.6) is 0 Å². The normalized spacial score (nSPS) is 23.4. The molecule has 0 N–H and O–H groups in total. The summed E-state index contributed by atoms with van der Waals surface area (Å²) >= 11 is 1.77. The Hall–Kier alpha value is -0.870. The van der Waals surface area contributed by atoms with Gasteiger partial charge in [-0.1, -0.05) is 13.8 Å². The van der Waals surface area contributed by atoms with Gasteiger partial charge in [0.25, 0.3) is 0 Å². The van der Waals surface area contributed by atoms with Crippen LogP contribution in [-0.4, -0.2) is 42.4 Å². The third-order valence-electron chi connectivity index (χ3n) is 4.01. The Morgan fingerprint density at radius 3 is 2.60 bits per heavy atom. The van der Waals surface area contributed by atoms with Gasteiger partial charge in [-0.15, -0.1) is 11.3 Å². The molecule has 1 aliphatic rings. The lowest BCUT2D eigenvalue weighted by Crippen LogP contribution is -2.46. The number of amides is 1. The summed E-state index contributed by atoms with van der Waals surface area (Å²) in [7, 11) is 2.04. The first-order valence-electron chi connectivity index (χ1n) is 7.45. The van der Waals surface area contributed by atoms with E-state index in [1.165, 1.54) is 16.9 Å². The summed E-state index contributed by atoms with van der Waals surface area (Å²) < 4.78 is 0. The zero-order valence-corrected chi connectivity index (χ0v) is 13.9. The molecule has 2 atom stereocenters. The third kappa shape index (κ3) is 4.06. The van der Waals surface area contributed by atoms with Gasteiger partial charge in [0.1, 0.15) is 0 Å². The number of likely N-dealkylation sites (N-methyl/N-ethyl adjacent to an activating group) is 1. The monoisotopic (exact) mass is 294 g/mol. The minimum absolute atomic E-state index is 0.278. The molecule has 3 nitrogen and oxygen atoms in total. The molecule has 1 fully saturated rings. The van der Waals surface area contributed by atoms with E-state index >= 15 is 0 Å². The minimum atomic E-state index is 0.278. The summed E-state index contributed by atoms with van der Waals surface area (Å²) in [4.78, 5) is 17.9. The fourth-order valence-electron chi connectivity index (χ4n) is 3.06. The fraction of sp³-hybridized carbons (Fsp3) is 0.688. The Labute approximate surface area is 126 Å². The van der Waals surface area contributed by atoms with E-state index in [9.17, 15) is 4.79 Å². The number of hydrogen-bond acceptors (Lipinski definition) is 3. The maximum Gasteiger partial charge on any atom is 0.236 e. The Kier molecular flexibility index (Phi) is 5.22. The van der Waals surface area contributed by atoms with E-state index in [2.05, 4.69) is 42.0 Å². The Morgan fingerprint density at radius 1 is 1.40 bits per heavy atom. The van der Waals surface area contributed by atoms with Crippen molar-refractivity contribution in [3.63, 3.8) is 0 Å². The number of aryl methyl sites for hydroxylation is 1. The molecule has 0 aliphatic carbocycles. The second-order valence-electron chi connectivity index (χ2n) is 6.44. The summed E-state index contributed by atoms with van der Waals surface area (Å²) in [6.07, 6.45) is 1.24. The molecule has 0 saturated carbocycles. The molecule has 0 aromatic carbocycles. The molecular formula is C16H26N2OS. The number of carbonyl (C=O) groups excluding carboxylic acids is 1. The SMILES string of the molecule is Cc1ccsc1CN(C)CC(=O)N1CC(C)CC(C)C1. The minimum Gasteiger partial charge on any atom is -0.341 e. The number of rotatable bonds is 4. The van der Waals surface area contributed by atoms with Crippen LogP contribution in [0, 0.1) is 18.8 Å². The predicted octanol–water partition coefficient (Wildman–Crippen LogP) is 2.99. The second-order valence-corrected chi connectivity index (χ2v) is 7.44. The number of likely N-dealkylation sites (tertiary alicyclic amines) is 1. The van der Waals surface area contributed by atoms with E-state index in [0.29, 0.717) is 18.4 Å². The molecule has 0 bridgehead atoms. The first-order chi connectivity index (χ1) is 9.45. The summed E-state index contributed by atoms with van der Waals surface area (Å²) in [6, 6.07) is 2.14. The van der Waals surface area contributed by atoms with Gasteiger partial charge in [0.15, 0.2) is 0 Å². The second kappa shape index (κ2) is 6.72. The highest BCUT2D eigenvalue weighted by Gasteiger charge is 2.25. The van der Waals surface area contributed by atoms with Crippen molar-refractivity contribution < 1.29 is 4.79 Å². The lowest BCUT2D eigenvalue weighted by Gasteiger charge is -2.35. The van der Waals surface area contributed by atoms with Crippen molar-refractivity contribution in [2.45, 2.75) is 33.7 Å². The van der Waals surface area contributed by atoms with Gasteiger partial charge in [0.2, 0.25) is 5.91 Å². The Morgan fingerprint density at radius 2 is 2.05 bits per heavy atom. The summed E-state index contributed by atoms with van der Waals surface area (Å²) in [5.74, 6) is 1.54. The number of carbonyl (C=O) groups is 1. The van der Waals surface area contributed by atoms with Crippen molar-refractivity contribution in [1.29, 1.82) is 0 Å².